The fourth-order valence-electron chi connectivity index (χ4n) is 4.26. The second-order valence-corrected chi connectivity index (χ2v) is 10.0. The second kappa shape index (κ2) is 17.3. The van der Waals surface area contributed by atoms with Gasteiger partial charge in [-0.05, 0) is 36.1 Å². The van der Waals surface area contributed by atoms with Crippen LogP contribution < -0.4 is 16.4 Å². The molecule has 2 atom stereocenters. The molecule has 4 nitrogen and oxygen atoms in total. The lowest BCUT2D eigenvalue weighted by Crippen LogP contribution is -2.35. The molecule has 0 fully saturated rings. The van der Waals surface area contributed by atoms with Crippen molar-refractivity contribution in [2.45, 2.75) is 52.1 Å². The summed E-state index contributed by atoms with van der Waals surface area (Å²) in [5, 5.41) is 7.00. The van der Waals surface area contributed by atoms with Crippen molar-refractivity contribution in [3.05, 3.63) is 144 Å². The largest absolute Gasteiger partial charge is 0.327 e. The molecule has 0 heterocycles. The summed E-state index contributed by atoms with van der Waals surface area (Å²) in [6.07, 6.45) is 0. The van der Waals surface area contributed by atoms with Gasteiger partial charge in [0.2, 0.25) is 0 Å². The summed E-state index contributed by atoms with van der Waals surface area (Å²) >= 11 is 0. The average Bonchev–Trinajstić information content (AvgIpc) is 2.94. The first-order chi connectivity index (χ1) is 18.6. The Bertz CT molecular complexity index is 1060. The van der Waals surface area contributed by atoms with E-state index < -0.39 is 0 Å². The summed E-state index contributed by atoms with van der Waals surface area (Å²) in [6.45, 7) is 9.89. The molecular formula is C34H44N4. The molecule has 0 saturated heterocycles. The summed E-state index contributed by atoms with van der Waals surface area (Å²) in [4.78, 5) is 2.40. The van der Waals surface area contributed by atoms with Gasteiger partial charge in [0.15, 0.2) is 0 Å². The zero-order valence-electron chi connectivity index (χ0n) is 23.0. The van der Waals surface area contributed by atoms with Crippen LogP contribution in [0.2, 0.25) is 0 Å². The van der Waals surface area contributed by atoms with Crippen LogP contribution in [0.5, 0.6) is 0 Å². The molecule has 0 spiro atoms. The van der Waals surface area contributed by atoms with Crippen LogP contribution in [0.3, 0.4) is 0 Å². The Morgan fingerprint density at radius 1 is 0.579 bits per heavy atom. The molecule has 0 bridgehead atoms. The van der Waals surface area contributed by atoms with Gasteiger partial charge in [0, 0.05) is 51.4 Å². The van der Waals surface area contributed by atoms with E-state index >= 15 is 0 Å². The first-order valence-corrected chi connectivity index (χ1v) is 13.7. The van der Waals surface area contributed by atoms with Crippen LogP contribution in [0.15, 0.2) is 121 Å². The van der Waals surface area contributed by atoms with Crippen molar-refractivity contribution in [1.82, 2.24) is 15.5 Å². The van der Waals surface area contributed by atoms with E-state index in [1.165, 1.54) is 22.3 Å². The van der Waals surface area contributed by atoms with Gasteiger partial charge >= 0.3 is 0 Å². The molecule has 0 aromatic heterocycles. The molecule has 38 heavy (non-hydrogen) atoms. The van der Waals surface area contributed by atoms with Gasteiger partial charge in [0.1, 0.15) is 0 Å². The SMILES string of the molecule is CC(CNCc1ccccc1)NCc1ccccc1.CC(N)CN(Cc1ccccc1)Cc1ccccc1. The number of nitrogens with one attached hydrogen (secondary N) is 2. The van der Waals surface area contributed by atoms with Crippen LogP contribution in [0.4, 0.5) is 0 Å². The number of rotatable bonds is 13. The topological polar surface area (TPSA) is 53.3 Å². The Kier molecular flexibility index (Phi) is 13.3. The molecule has 0 aliphatic carbocycles. The molecular weight excluding hydrogens is 464 g/mol. The van der Waals surface area contributed by atoms with Crippen molar-refractivity contribution >= 4 is 0 Å². The smallest absolute Gasteiger partial charge is 0.0237 e. The van der Waals surface area contributed by atoms with Gasteiger partial charge in [-0.3, -0.25) is 4.90 Å². The molecule has 4 aromatic rings. The van der Waals surface area contributed by atoms with Crippen molar-refractivity contribution in [2.75, 3.05) is 13.1 Å². The van der Waals surface area contributed by atoms with E-state index in [0.29, 0.717) is 6.04 Å². The number of benzene rings is 4. The molecule has 0 aliphatic rings. The summed E-state index contributed by atoms with van der Waals surface area (Å²) in [6, 6.07) is 42.8. The van der Waals surface area contributed by atoms with E-state index in [2.05, 4.69) is 139 Å². The van der Waals surface area contributed by atoms with Crippen LogP contribution >= 0.6 is 0 Å². The third kappa shape index (κ3) is 12.3. The van der Waals surface area contributed by atoms with E-state index in [4.69, 9.17) is 5.73 Å². The predicted molar refractivity (Wildman–Crippen MR) is 162 cm³/mol. The molecule has 4 N–H and O–H groups in total. The minimum atomic E-state index is 0.187. The molecule has 200 valence electrons. The van der Waals surface area contributed by atoms with Crippen LogP contribution in [0, 0.1) is 0 Å². The van der Waals surface area contributed by atoms with Crippen molar-refractivity contribution in [3.63, 3.8) is 0 Å². The Balaban J connectivity index is 0.000000211. The fraction of sp³-hybridized carbons (Fsp3) is 0.294. The van der Waals surface area contributed by atoms with Crippen molar-refractivity contribution < 1.29 is 0 Å². The Hall–Kier alpha value is -3.28. The number of nitrogens with two attached hydrogens (primary N) is 1. The molecule has 4 aromatic carbocycles. The number of nitrogens with zero attached hydrogens (tertiary/aromatic N) is 1. The zero-order valence-corrected chi connectivity index (χ0v) is 23.0. The van der Waals surface area contributed by atoms with Crippen molar-refractivity contribution in [1.29, 1.82) is 0 Å². The highest BCUT2D eigenvalue weighted by Crippen LogP contribution is 2.10. The molecule has 4 heteroatoms. The molecule has 0 saturated carbocycles. The summed E-state index contributed by atoms with van der Waals surface area (Å²) in [5.74, 6) is 0. The zero-order chi connectivity index (χ0) is 26.8. The number of hydrogen-bond acceptors (Lipinski definition) is 4. The molecule has 2 unspecified atom stereocenters. The maximum Gasteiger partial charge on any atom is 0.0237 e. The monoisotopic (exact) mass is 508 g/mol. The van der Waals surface area contributed by atoms with Gasteiger partial charge < -0.3 is 16.4 Å². The molecule has 0 amide bonds. The Morgan fingerprint density at radius 2 is 0.974 bits per heavy atom. The summed E-state index contributed by atoms with van der Waals surface area (Å²) in [5.41, 5.74) is 11.3. The third-order valence-electron chi connectivity index (χ3n) is 6.16. The normalized spacial score (nSPS) is 12.4. The van der Waals surface area contributed by atoms with Crippen molar-refractivity contribution in [3.8, 4) is 0 Å². The van der Waals surface area contributed by atoms with E-state index in [1.807, 2.05) is 12.1 Å². The van der Waals surface area contributed by atoms with Crippen LogP contribution in [0.1, 0.15) is 36.1 Å². The van der Waals surface area contributed by atoms with Gasteiger partial charge in [-0.15, -0.1) is 0 Å². The van der Waals surface area contributed by atoms with Gasteiger partial charge in [-0.2, -0.15) is 0 Å². The first kappa shape index (κ1) is 29.3. The first-order valence-electron chi connectivity index (χ1n) is 13.7. The minimum absolute atomic E-state index is 0.187. The van der Waals surface area contributed by atoms with Crippen LogP contribution in [-0.4, -0.2) is 30.1 Å². The van der Waals surface area contributed by atoms with Gasteiger partial charge in [0.05, 0.1) is 0 Å². The lowest BCUT2D eigenvalue weighted by Gasteiger charge is -2.24. The minimum Gasteiger partial charge on any atom is -0.327 e. The van der Waals surface area contributed by atoms with Gasteiger partial charge in [-0.1, -0.05) is 121 Å². The number of hydrogen-bond donors (Lipinski definition) is 3. The van der Waals surface area contributed by atoms with E-state index in [-0.39, 0.29) is 6.04 Å². The summed E-state index contributed by atoms with van der Waals surface area (Å²) in [7, 11) is 0. The highest BCUT2D eigenvalue weighted by atomic mass is 15.1. The quantitative estimate of drug-likeness (QED) is 0.208. The average molecular weight is 509 g/mol. The highest BCUT2D eigenvalue weighted by Gasteiger charge is 2.09. The fourth-order valence-corrected chi connectivity index (χ4v) is 4.26. The maximum absolute atomic E-state index is 5.96. The molecule has 0 aliphatic heterocycles. The second-order valence-electron chi connectivity index (χ2n) is 10.0. The standard InChI is InChI=1S/2C17H22N2/c1-15(18)12-19(13-16-8-4-2-5-9-16)14-17-10-6-3-7-11-17;1-15(19-14-17-10-6-3-7-11-17)12-18-13-16-8-4-2-5-9-16/h2-11,15H,12-14,18H2,1H3;2-11,15,18-19H,12-14H2,1H3. The third-order valence-corrected chi connectivity index (χ3v) is 6.16. The molecule has 0 radical (unpaired) electrons. The van der Waals surface area contributed by atoms with E-state index in [0.717, 1.165) is 39.3 Å². The Morgan fingerprint density at radius 3 is 1.39 bits per heavy atom. The Labute approximate surface area is 229 Å². The lowest BCUT2D eigenvalue weighted by molar-refractivity contribution is 0.244. The van der Waals surface area contributed by atoms with E-state index in [1.54, 1.807) is 0 Å². The van der Waals surface area contributed by atoms with Crippen molar-refractivity contribution in [2.24, 2.45) is 5.73 Å². The summed E-state index contributed by atoms with van der Waals surface area (Å²) < 4.78 is 0. The highest BCUT2D eigenvalue weighted by molar-refractivity contribution is 5.18. The predicted octanol–water partition coefficient (Wildman–Crippen LogP) is 5.99. The van der Waals surface area contributed by atoms with Gasteiger partial charge in [-0.25, -0.2) is 0 Å². The van der Waals surface area contributed by atoms with Crippen LogP contribution in [-0.2, 0) is 26.2 Å². The van der Waals surface area contributed by atoms with Gasteiger partial charge in [0.25, 0.3) is 0 Å². The van der Waals surface area contributed by atoms with Crippen LogP contribution in [0.25, 0.3) is 0 Å². The molecule has 4 rings (SSSR count). The lowest BCUT2D eigenvalue weighted by atomic mass is 10.1. The van der Waals surface area contributed by atoms with E-state index in [9.17, 15) is 0 Å². The maximum atomic E-state index is 5.96.